The van der Waals surface area contributed by atoms with E-state index in [0.29, 0.717) is 11.5 Å². The maximum absolute atomic E-state index is 13.7. The summed E-state index contributed by atoms with van der Waals surface area (Å²) in [6.07, 6.45) is 1.39. The lowest BCUT2D eigenvalue weighted by Gasteiger charge is -2.23. The predicted molar refractivity (Wildman–Crippen MR) is 69.5 cm³/mol. The third kappa shape index (κ3) is 1.54. The molecule has 0 saturated carbocycles. The summed E-state index contributed by atoms with van der Waals surface area (Å²) in [4.78, 5) is 13.7. The molecule has 0 bridgehead atoms. The lowest BCUT2D eigenvalue weighted by Crippen LogP contribution is -2.34. The second-order valence-electron chi connectivity index (χ2n) is 4.74. The Kier molecular flexibility index (Phi) is 2.59. The molecule has 0 radical (unpaired) electrons. The molecule has 3 nitrogen and oxygen atoms in total. The minimum atomic E-state index is -0.282. The number of hydrogen-bond donors (Lipinski definition) is 1. The van der Waals surface area contributed by atoms with Gasteiger partial charge in [0, 0.05) is 0 Å². The zero-order valence-corrected chi connectivity index (χ0v) is 10.8. The molecular weight excluding hydrogens is 251 g/mol. The van der Waals surface area contributed by atoms with E-state index in [-0.39, 0.29) is 23.8 Å². The first kappa shape index (κ1) is 11.6. The van der Waals surface area contributed by atoms with E-state index >= 15 is 0 Å². The van der Waals surface area contributed by atoms with Crippen LogP contribution >= 0.6 is 12.2 Å². The Morgan fingerprint density at radius 2 is 2.28 bits per heavy atom. The van der Waals surface area contributed by atoms with E-state index in [0.717, 1.165) is 17.5 Å². The highest BCUT2D eigenvalue weighted by atomic mass is 32.1. The number of amides is 1. The number of carbonyl (C=O) groups excluding carboxylic acids is 1. The molecule has 5 heteroatoms. The number of rotatable bonds is 1. The third-order valence-electron chi connectivity index (χ3n) is 3.66. The fourth-order valence-corrected chi connectivity index (χ4v) is 3.17. The quantitative estimate of drug-likeness (QED) is 0.787. The van der Waals surface area contributed by atoms with Gasteiger partial charge in [-0.1, -0.05) is 12.1 Å². The van der Waals surface area contributed by atoms with Crippen molar-refractivity contribution in [3.63, 3.8) is 0 Å². The van der Waals surface area contributed by atoms with Crippen LogP contribution in [0.15, 0.2) is 18.2 Å². The lowest BCUT2D eigenvalue weighted by molar-refractivity contribution is -0.128. The molecule has 1 amide bonds. The van der Waals surface area contributed by atoms with Gasteiger partial charge in [-0.15, -0.1) is 0 Å². The van der Waals surface area contributed by atoms with Gasteiger partial charge >= 0.3 is 0 Å². The largest absolute Gasteiger partial charge is 0.351 e. The van der Waals surface area contributed by atoms with Crippen LogP contribution in [0.2, 0.25) is 0 Å². The molecule has 1 fully saturated rings. The summed E-state index contributed by atoms with van der Waals surface area (Å²) < 4.78 is 13.7. The third-order valence-corrected chi connectivity index (χ3v) is 3.97. The molecule has 0 aromatic heterocycles. The highest BCUT2D eigenvalue weighted by molar-refractivity contribution is 7.80. The number of nitrogens with one attached hydrogen (secondary N) is 1. The number of benzene rings is 1. The highest BCUT2D eigenvalue weighted by Gasteiger charge is 2.40. The minimum Gasteiger partial charge on any atom is -0.351 e. The fraction of sp³-hybridized carbons (Fsp3) is 0.385. The predicted octanol–water partition coefficient (Wildman–Crippen LogP) is 1.92. The van der Waals surface area contributed by atoms with E-state index < -0.39 is 0 Å². The first-order valence-electron chi connectivity index (χ1n) is 6.00. The normalized spacial score (nSPS) is 26.4. The molecule has 1 aliphatic carbocycles. The molecule has 2 atom stereocenters. The molecule has 2 aliphatic rings. The van der Waals surface area contributed by atoms with Crippen molar-refractivity contribution in [3.8, 4) is 0 Å². The van der Waals surface area contributed by atoms with Crippen LogP contribution in [0.3, 0.4) is 0 Å². The van der Waals surface area contributed by atoms with Crippen LogP contribution in [0.4, 0.5) is 4.39 Å². The molecule has 1 aromatic carbocycles. The van der Waals surface area contributed by atoms with E-state index in [1.54, 1.807) is 17.9 Å². The maximum atomic E-state index is 13.7. The Labute approximate surface area is 110 Å². The summed E-state index contributed by atoms with van der Waals surface area (Å²) in [7, 11) is 0. The van der Waals surface area contributed by atoms with Gasteiger partial charge in [0.05, 0.1) is 6.04 Å². The molecule has 1 aliphatic heterocycles. The monoisotopic (exact) mass is 264 g/mol. The first-order chi connectivity index (χ1) is 8.59. The van der Waals surface area contributed by atoms with Gasteiger partial charge in [-0.05, 0) is 49.2 Å². The number of thiocarbonyl (C=S) groups is 1. The van der Waals surface area contributed by atoms with Crippen LogP contribution in [0.1, 0.15) is 30.5 Å². The molecule has 3 rings (SSSR count). The summed E-state index contributed by atoms with van der Waals surface area (Å²) in [5, 5.41) is 3.41. The second kappa shape index (κ2) is 4.02. The van der Waals surface area contributed by atoms with Gasteiger partial charge in [0.2, 0.25) is 0 Å². The molecule has 1 heterocycles. The van der Waals surface area contributed by atoms with Crippen molar-refractivity contribution in [2.45, 2.75) is 31.8 Å². The van der Waals surface area contributed by atoms with E-state index in [4.69, 9.17) is 12.2 Å². The highest BCUT2D eigenvalue weighted by Crippen LogP contribution is 2.38. The fourth-order valence-electron chi connectivity index (χ4n) is 2.78. The van der Waals surface area contributed by atoms with Crippen molar-refractivity contribution in [2.75, 3.05) is 0 Å². The number of fused-ring (bicyclic) bond motifs is 1. The van der Waals surface area contributed by atoms with Gasteiger partial charge in [0.15, 0.2) is 5.11 Å². The van der Waals surface area contributed by atoms with Crippen LogP contribution in [-0.2, 0) is 11.2 Å². The van der Waals surface area contributed by atoms with Crippen LogP contribution in [0, 0.1) is 5.82 Å². The Bertz CT molecular complexity index is 546. The zero-order valence-electron chi connectivity index (χ0n) is 9.94. The summed E-state index contributed by atoms with van der Waals surface area (Å²) in [5.41, 5.74) is 1.61. The van der Waals surface area contributed by atoms with Gasteiger partial charge in [0.25, 0.3) is 5.91 Å². The van der Waals surface area contributed by atoms with Crippen LogP contribution in [0.25, 0.3) is 0 Å². The van der Waals surface area contributed by atoms with Gasteiger partial charge < -0.3 is 5.32 Å². The molecule has 0 spiro atoms. The maximum Gasteiger partial charge on any atom is 0.251 e. The molecule has 1 aromatic rings. The van der Waals surface area contributed by atoms with E-state index in [1.165, 1.54) is 6.07 Å². The van der Waals surface area contributed by atoms with Crippen LogP contribution < -0.4 is 5.32 Å². The van der Waals surface area contributed by atoms with Gasteiger partial charge in [-0.25, -0.2) is 4.39 Å². The topological polar surface area (TPSA) is 32.3 Å². The van der Waals surface area contributed by atoms with Crippen LogP contribution in [-0.4, -0.2) is 22.0 Å². The van der Waals surface area contributed by atoms with Crippen molar-refractivity contribution < 1.29 is 9.18 Å². The van der Waals surface area contributed by atoms with Crippen molar-refractivity contribution in [1.82, 2.24) is 10.2 Å². The Morgan fingerprint density at radius 3 is 2.94 bits per heavy atom. The van der Waals surface area contributed by atoms with Crippen molar-refractivity contribution >= 4 is 23.2 Å². The summed E-state index contributed by atoms with van der Waals surface area (Å²) in [6, 6.07) is 4.64. The van der Waals surface area contributed by atoms with Crippen LogP contribution in [0.5, 0.6) is 0 Å². The standard InChI is InChI=1S/C13H13FN2OS/c1-7-12(17)16(13(18)15-7)11-6-5-8-9(11)3-2-4-10(8)14/h2-4,7,11H,5-6H2,1H3,(H,15,18)/t7?,11-/m0/s1. The lowest BCUT2D eigenvalue weighted by atomic mass is 10.1. The first-order valence-corrected chi connectivity index (χ1v) is 6.41. The molecule has 18 heavy (non-hydrogen) atoms. The number of nitrogens with zero attached hydrogens (tertiary/aromatic N) is 1. The van der Waals surface area contributed by atoms with Crippen molar-refractivity contribution in [1.29, 1.82) is 0 Å². The summed E-state index contributed by atoms with van der Waals surface area (Å²) in [5.74, 6) is -0.212. The second-order valence-corrected chi connectivity index (χ2v) is 5.13. The summed E-state index contributed by atoms with van der Waals surface area (Å²) in [6.45, 7) is 1.79. The SMILES string of the molecule is CC1NC(=S)N([C@H]2CCc3c(F)cccc32)C1=O. The molecule has 1 N–H and O–H groups in total. The van der Waals surface area contributed by atoms with E-state index in [2.05, 4.69) is 5.32 Å². The smallest absolute Gasteiger partial charge is 0.251 e. The van der Waals surface area contributed by atoms with Gasteiger partial charge in [-0.3, -0.25) is 9.69 Å². The van der Waals surface area contributed by atoms with Gasteiger partial charge in [-0.2, -0.15) is 0 Å². The molecule has 1 unspecified atom stereocenters. The van der Waals surface area contributed by atoms with Gasteiger partial charge in [0.1, 0.15) is 11.9 Å². The molecule has 1 saturated heterocycles. The molecule has 94 valence electrons. The average Bonchev–Trinajstić information content (AvgIpc) is 2.84. The Morgan fingerprint density at radius 1 is 1.50 bits per heavy atom. The van der Waals surface area contributed by atoms with E-state index in [1.807, 2.05) is 6.07 Å². The average molecular weight is 264 g/mol. The number of carbonyl (C=O) groups is 1. The zero-order chi connectivity index (χ0) is 12.9. The van der Waals surface area contributed by atoms with Crippen molar-refractivity contribution in [2.24, 2.45) is 0 Å². The Hall–Kier alpha value is -1.49. The number of hydrogen-bond acceptors (Lipinski definition) is 2. The Balaban J connectivity index is 2.00. The molecular formula is C13H13FN2OS. The van der Waals surface area contributed by atoms with Crippen molar-refractivity contribution in [3.05, 3.63) is 35.1 Å². The number of halogens is 1. The minimum absolute atomic E-state index is 0.0258. The van der Waals surface area contributed by atoms with E-state index in [9.17, 15) is 9.18 Å². The summed E-state index contributed by atoms with van der Waals surface area (Å²) >= 11 is 5.19.